The lowest BCUT2D eigenvalue weighted by atomic mass is 10.00. The second-order valence-electron chi connectivity index (χ2n) is 4.50. The molecule has 0 saturated carbocycles. The van der Waals surface area contributed by atoms with Crippen molar-refractivity contribution in [3.8, 4) is 0 Å². The van der Waals surface area contributed by atoms with E-state index in [1.165, 1.54) is 0 Å². The third-order valence-corrected chi connectivity index (χ3v) is 3.52. The molecular formula is C15H13BrF2O. The highest BCUT2D eigenvalue weighted by Gasteiger charge is 2.16. The number of aliphatic hydroxyl groups is 1. The average Bonchev–Trinajstić information content (AvgIpc) is 2.33. The fourth-order valence-electron chi connectivity index (χ4n) is 1.97. The molecule has 0 saturated heterocycles. The zero-order valence-electron chi connectivity index (χ0n) is 10.3. The minimum absolute atomic E-state index is 0.0257. The zero-order valence-corrected chi connectivity index (χ0v) is 11.9. The van der Waals surface area contributed by atoms with Crippen LogP contribution < -0.4 is 0 Å². The molecule has 100 valence electrons. The maximum Gasteiger partial charge on any atom is 0.137 e. The molecule has 1 nitrogen and oxygen atoms in total. The van der Waals surface area contributed by atoms with Crippen LogP contribution >= 0.6 is 15.9 Å². The van der Waals surface area contributed by atoms with Crippen LogP contribution in [0.2, 0.25) is 0 Å². The minimum atomic E-state index is -1.07. The number of halogens is 3. The van der Waals surface area contributed by atoms with Crippen LogP contribution in [0.5, 0.6) is 0 Å². The molecule has 0 amide bonds. The van der Waals surface area contributed by atoms with Crippen LogP contribution in [0.15, 0.2) is 40.9 Å². The Kier molecular flexibility index (Phi) is 4.32. The zero-order chi connectivity index (χ0) is 14.0. The van der Waals surface area contributed by atoms with E-state index in [-0.39, 0.29) is 16.5 Å². The standard InChI is InChI=1S/C15H13BrF2O/c1-9-3-2-4-10(5-9)6-15(19)11-7-14(18)12(16)8-13(11)17/h2-5,7-8,15,19H,6H2,1H3. The number of aliphatic hydroxyl groups excluding tert-OH is 1. The van der Waals surface area contributed by atoms with Gasteiger partial charge >= 0.3 is 0 Å². The van der Waals surface area contributed by atoms with Crippen LogP contribution in [0.25, 0.3) is 0 Å². The maximum atomic E-state index is 13.7. The summed E-state index contributed by atoms with van der Waals surface area (Å²) >= 11 is 2.91. The van der Waals surface area contributed by atoms with Crippen molar-refractivity contribution in [2.75, 3.05) is 0 Å². The third-order valence-electron chi connectivity index (χ3n) is 2.91. The molecule has 0 aliphatic carbocycles. The summed E-state index contributed by atoms with van der Waals surface area (Å²) in [5.41, 5.74) is 1.92. The normalized spacial score (nSPS) is 12.5. The molecule has 0 aromatic heterocycles. The Balaban J connectivity index is 2.25. The molecule has 0 aliphatic heterocycles. The first-order chi connectivity index (χ1) is 8.97. The van der Waals surface area contributed by atoms with Gasteiger partial charge in [0.05, 0.1) is 10.6 Å². The molecule has 0 heterocycles. The monoisotopic (exact) mass is 326 g/mol. The van der Waals surface area contributed by atoms with Gasteiger partial charge in [-0.15, -0.1) is 0 Å². The molecule has 0 fully saturated rings. The molecule has 2 aromatic carbocycles. The molecule has 0 aliphatic rings. The molecule has 19 heavy (non-hydrogen) atoms. The smallest absolute Gasteiger partial charge is 0.137 e. The lowest BCUT2D eigenvalue weighted by Crippen LogP contribution is -2.05. The van der Waals surface area contributed by atoms with Gasteiger partial charge < -0.3 is 5.11 Å². The maximum absolute atomic E-state index is 13.7. The molecule has 1 N–H and O–H groups in total. The number of hydrogen-bond acceptors (Lipinski definition) is 1. The first-order valence-corrected chi connectivity index (χ1v) is 6.64. The molecule has 2 aromatic rings. The molecular weight excluding hydrogens is 314 g/mol. The van der Waals surface area contributed by atoms with Crippen molar-refractivity contribution < 1.29 is 13.9 Å². The fraction of sp³-hybridized carbons (Fsp3) is 0.200. The van der Waals surface area contributed by atoms with Gasteiger partial charge in [-0.25, -0.2) is 8.78 Å². The lowest BCUT2D eigenvalue weighted by molar-refractivity contribution is 0.173. The molecule has 2 rings (SSSR count). The molecule has 1 unspecified atom stereocenters. The Morgan fingerprint density at radius 2 is 1.89 bits per heavy atom. The molecule has 0 spiro atoms. The van der Waals surface area contributed by atoms with E-state index in [1.807, 2.05) is 31.2 Å². The lowest BCUT2D eigenvalue weighted by Gasteiger charge is -2.13. The van der Waals surface area contributed by atoms with E-state index >= 15 is 0 Å². The second kappa shape index (κ2) is 5.80. The predicted molar refractivity (Wildman–Crippen MR) is 73.9 cm³/mol. The van der Waals surface area contributed by atoms with E-state index in [0.29, 0.717) is 0 Å². The topological polar surface area (TPSA) is 20.2 Å². The summed E-state index contributed by atoms with van der Waals surface area (Å²) in [6, 6.07) is 9.63. The van der Waals surface area contributed by atoms with Crippen molar-refractivity contribution in [2.24, 2.45) is 0 Å². The summed E-state index contributed by atoms with van der Waals surface area (Å²) in [6.07, 6.45) is -0.816. The van der Waals surface area contributed by atoms with Gasteiger partial charge in [0, 0.05) is 12.0 Å². The highest BCUT2D eigenvalue weighted by molar-refractivity contribution is 9.10. The van der Waals surface area contributed by atoms with Crippen LogP contribution in [-0.4, -0.2) is 5.11 Å². The van der Waals surface area contributed by atoms with E-state index in [1.54, 1.807) is 0 Å². The van der Waals surface area contributed by atoms with Crippen LogP contribution in [0.4, 0.5) is 8.78 Å². The predicted octanol–water partition coefficient (Wildman–Crippen LogP) is 4.31. The molecule has 0 radical (unpaired) electrons. The highest BCUT2D eigenvalue weighted by Crippen LogP contribution is 2.26. The number of hydrogen-bond donors (Lipinski definition) is 1. The van der Waals surface area contributed by atoms with E-state index in [2.05, 4.69) is 15.9 Å². The van der Waals surface area contributed by atoms with Gasteiger partial charge in [0.15, 0.2) is 0 Å². The summed E-state index contributed by atoms with van der Waals surface area (Å²) < 4.78 is 27.2. The van der Waals surface area contributed by atoms with Crippen molar-refractivity contribution in [3.05, 3.63) is 69.2 Å². The van der Waals surface area contributed by atoms with E-state index in [9.17, 15) is 13.9 Å². The van der Waals surface area contributed by atoms with Crippen LogP contribution in [-0.2, 0) is 6.42 Å². The Morgan fingerprint density at radius 1 is 1.16 bits per heavy atom. The van der Waals surface area contributed by atoms with E-state index in [0.717, 1.165) is 23.3 Å². The molecule has 4 heteroatoms. The summed E-state index contributed by atoms with van der Waals surface area (Å²) in [5, 5.41) is 10.0. The van der Waals surface area contributed by atoms with Gasteiger partial charge in [0.1, 0.15) is 11.6 Å². The summed E-state index contributed by atoms with van der Waals surface area (Å²) in [4.78, 5) is 0. The molecule has 1 atom stereocenters. The van der Waals surface area contributed by atoms with Gasteiger partial charge in [-0.1, -0.05) is 29.8 Å². The molecule has 0 bridgehead atoms. The SMILES string of the molecule is Cc1cccc(CC(O)c2cc(F)c(Br)cc2F)c1. The first-order valence-electron chi connectivity index (χ1n) is 5.85. The van der Waals surface area contributed by atoms with Gasteiger partial charge in [-0.2, -0.15) is 0 Å². The van der Waals surface area contributed by atoms with Crippen molar-refractivity contribution in [2.45, 2.75) is 19.4 Å². The quantitative estimate of drug-likeness (QED) is 0.833. The van der Waals surface area contributed by atoms with Crippen molar-refractivity contribution >= 4 is 15.9 Å². The fourth-order valence-corrected chi connectivity index (χ4v) is 2.28. The van der Waals surface area contributed by atoms with Crippen LogP contribution in [0, 0.1) is 18.6 Å². The Labute approximate surface area is 119 Å². The van der Waals surface area contributed by atoms with Gasteiger partial charge in [-0.3, -0.25) is 0 Å². The van der Waals surface area contributed by atoms with Gasteiger partial charge in [0.25, 0.3) is 0 Å². The Bertz CT molecular complexity index is 599. The summed E-state index contributed by atoms with van der Waals surface area (Å²) in [7, 11) is 0. The van der Waals surface area contributed by atoms with Crippen LogP contribution in [0.3, 0.4) is 0 Å². The number of rotatable bonds is 3. The Hall–Kier alpha value is -1.26. The van der Waals surface area contributed by atoms with Crippen molar-refractivity contribution in [1.82, 2.24) is 0 Å². The second-order valence-corrected chi connectivity index (χ2v) is 5.35. The van der Waals surface area contributed by atoms with E-state index < -0.39 is 17.7 Å². The summed E-state index contributed by atoms with van der Waals surface area (Å²) in [6.45, 7) is 1.94. The number of benzene rings is 2. The number of aryl methyl sites for hydroxylation is 1. The van der Waals surface area contributed by atoms with Gasteiger partial charge in [-0.05, 0) is 40.5 Å². The van der Waals surface area contributed by atoms with Crippen molar-refractivity contribution in [1.29, 1.82) is 0 Å². The summed E-state index contributed by atoms with van der Waals surface area (Å²) in [5.74, 6) is -1.20. The minimum Gasteiger partial charge on any atom is -0.388 e. The average molecular weight is 327 g/mol. The highest BCUT2D eigenvalue weighted by atomic mass is 79.9. The van der Waals surface area contributed by atoms with Crippen LogP contribution in [0.1, 0.15) is 22.8 Å². The van der Waals surface area contributed by atoms with Gasteiger partial charge in [0.2, 0.25) is 0 Å². The largest absolute Gasteiger partial charge is 0.388 e. The Morgan fingerprint density at radius 3 is 2.58 bits per heavy atom. The van der Waals surface area contributed by atoms with Crippen molar-refractivity contribution in [3.63, 3.8) is 0 Å². The van der Waals surface area contributed by atoms with E-state index in [4.69, 9.17) is 0 Å². The third kappa shape index (κ3) is 3.39. The first kappa shape index (κ1) is 14.2.